The molecule has 1 atom stereocenters. The summed E-state index contributed by atoms with van der Waals surface area (Å²) in [6.45, 7) is -5.47. The fourth-order valence-electron chi connectivity index (χ4n) is 4.37. The number of fused-ring (bicyclic) bond motifs is 1. The number of carbonyl (C=O) groups excluding carboxylic acids is 3. The van der Waals surface area contributed by atoms with Crippen LogP contribution < -0.4 is 10.1 Å². The lowest BCUT2D eigenvalue weighted by Crippen LogP contribution is -2.52. The molecule has 1 aromatic heterocycles. The normalized spacial score (nSPS) is 19.5. The van der Waals surface area contributed by atoms with Gasteiger partial charge in [-0.1, -0.05) is 6.07 Å². The van der Waals surface area contributed by atoms with E-state index in [0.29, 0.717) is 27.8 Å². The number of aromatic nitrogens is 2. The number of carbonyl (C=O) groups is 3. The van der Waals surface area contributed by atoms with E-state index in [1.165, 1.54) is 35.4 Å². The summed E-state index contributed by atoms with van der Waals surface area (Å²) < 4.78 is 54.0. The molecule has 3 heterocycles. The minimum Gasteiger partial charge on any atom is -0.435 e. The molecule has 8 nitrogen and oxygen atoms in total. The topological polar surface area (TPSA) is 93.5 Å². The molecule has 0 aliphatic carbocycles. The van der Waals surface area contributed by atoms with E-state index in [9.17, 15) is 23.2 Å². The van der Waals surface area contributed by atoms with Crippen molar-refractivity contribution in [2.24, 2.45) is 6.98 Å². The van der Waals surface area contributed by atoms with Gasteiger partial charge in [0.25, 0.3) is 5.91 Å². The summed E-state index contributed by atoms with van der Waals surface area (Å²) in [6.07, 6.45) is 1.76. The van der Waals surface area contributed by atoms with Gasteiger partial charge in [-0.25, -0.2) is 0 Å². The molecule has 0 spiro atoms. The van der Waals surface area contributed by atoms with Gasteiger partial charge >= 0.3 is 6.61 Å². The number of amides is 3. The first-order valence-corrected chi connectivity index (χ1v) is 10.4. The molecule has 2 aliphatic heterocycles. The van der Waals surface area contributed by atoms with Crippen LogP contribution in [0.3, 0.4) is 0 Å². The summed E-state index contributed by atoms with van der Waals surface area (Å²) in [5.74, 6) is -1.30. The fourth-order valence-corrected chi connectivity index (χ4v) is 4.37. The van der Waals surface area contributed by atoms with Gasteiger partial charge in [0, 0.05) is 40.7 Å². The monoisotopic (exact) mass is 469 g/mol. The molecule has 1 saturated heterocycles. The van der Waals surface area contributed by atoms with Crippen LogP contribution in [0.15, 0.2) is 48.7 Å². The number of aryl methyl sites for hydroxylation is 1. The van der Waals surface area contributed by atoms with Gasteiger partial charge < -0.3 is 9.64 Å². The molecule has 2 aromatic carbocycles. The molecular formula is C24H20F2N4O4. The second kappa shape index (κ2) is 8.36. The molecule has 3 aromatic rings. The average molecular weight is 469 g/mol. The maximum Gasteiger partial charge on any atom is 0.387 e. The molecular weight excluding hydrogens is 446 g/mol. The lowest BCUT2D eigenvalue weighted by Gasteiger charge is -2.29. The Kier molecular flexibility index (Phi) is 4.52. The molecule has 10 heteroatoms. The van der Waals surface area contributed by atoms with Crippen molar-refractivity contribution in [2.45, 2.75) is 32.0 Å². The first-order valence-electron chi connectivity index (χ1n) is 11.9. The summed E-state index contributed by atoms with van der Waals surface area (Å²) in [4.78, 5) is 38.2. The molecule has 3 amide bonds. The zero-order chi connectivity index (χ0) is 26.5. The van der Waals surface area contributed by atoms with Gasteiger partial charge in [0.2, 0.25) is 11.8 Å². The number of nitrogens with one attached hydrogen (secondary N) is 1. The van der Waals surface area contributed by atoms with Crippen LogP contribution in [-0.4, -0.2) is 45.1 Å². The van der Waals surface area contributed by atoms with Crippen LogP contribution in [0.25, 0.3) is 22.4 Å². The Bertz CT molecular complexity index is 1410. The van der Waals surface area contributed by atoms with Gasteiger partial charge in [0.05, 0.1) is 11.9 Å². The molecule has 5 rings (SSSR count). The fraction of sp³-hybridized carbons (Fsp3) is 0.250. The Morgan fingerprint density at radius 1 is 1.12 bits per heavy atom. The van der Waals surface area contributed by atoms with E-state index < -0.39 is 25.5 Å². The largest absolute Gasteiger partial charge is 0.435 e. The predicted molar refractivity (Wildman–Crippen MR) is 117 cm³/mol. The maximum absolute atomic E-state index is 13.0. The number of hydrogen-bond acceptors (Lipinski definition) is 5. The minimum atomic E-state index is -3.00. The number of hydrogen-bond donors (Lipinski definition) is 1. The number of ether oxygens (including phenoxy) is 1. The third-order valence-corrected chi connectivity index (χ3v) is 5.96. The van der Waals surface area contributed by atoms with Gasteiger partial charge in [-0.3, -0.25) is 24.4 Å². The first kappa shape index (κ1) is 18.4. The maximum atomic E-state index is 13.0. The van der Waals surface area contributed by atoms with E-state index in [1.807, 2.05) is 0 Å². The van der Waals surface area contributed by atoms with Crippen molar-refractivity contribution >= 4 is 17.7 Å². The second-order valence-electron chi connectivity index (χ2n) is 7.99. The van der Waals surface area contributed by atoms with E-state index in [1.54, 1.807) is 18.2 Å². The Labute approximate surface area is 197 Å². The van der Waals surface area contributed by atoms with Crippen LogP contribution in [0, 0.1) is 0 Å². The smallest absolute Gasteiger partial charge is 0.387 e. The number of alkyl halides is 2. The van der Waals surface area contributed by atoms with Gasteiger partial charge in [-0.2, -0.15) is 13.9 Å². The van der Waals surface area contributed by atoms with Crippen LogP contribution in [0.5, 0.6) is 5.75 Å². The van der Waals surface area contributed by atoms with Crippen molar-refractivity contribution < 1.29 is 32.0 Å². The van der Waals surface area contributed by atoms with E-state index in [-0.39, 0.29) is 42.6 Å². The Hall–Kier alpha value is -4.08. The molecule has 0 saturated carbocycles. The van der Waals surface area contributed by atoms with Crippen molar-refractivity contribution in [1.29, 1.82) is 0 Å². The van der Waals surface area contributed by atoms with Crippen LogP contribution >= 0.6 is 0 Å². The third kappa shape index (κ3) is 3.81. The van der Waals surface area contributed by atoms with Crippen LogP contribution in [0.2, 0.25) is 0 Å². The van der Waals surface area contributed by atoms with Crippen LogP contribution in [0.1, 0.15) is 32.9 Å². The minimum absolute atomic E-state index is 0.0789. The van der Waals surface area contributed by atoms with E-state index in [4.69, 9.17) is 4.11 Å². The van der Waals surface area contributed by atoms with Crippen LogP contribution in [-0.2, 0) is 23.1 Å². The highest BCUT2D eigenvalue weighted by Gasteiger charge is 2.39. The number of imide groups is 1. The highest BCUT2D eigenvalue weighted by atomic mass is 19.3. The molecule has 0 radical (unpaired) electrons. The van der Waals surface area contributed by atoms with E-state index >= 15 is 0 Å². The average Bonchev–Trinajstić information content (AvgIpc) is 3.41. The Morgan fingerprint density at radius 3 is 2.59 bits per heavy atom. The SMILES string of the molecule is [2H]C([2H])([2H])n1ncc(-c2ccc3c(c2)CN(C2CCC(=O)NC2=O)C3=O)c1-c1ccc(OC(F)F)cc1. The summed E-state index contributed by atoms with van der Waals surface area (Å²) in [5, 5.41) is 6.33. The van der Waals surface area contributed by atoms with Crippen molar-refractivity contribution in [3.63, 3.8) is 0 Å². The summed E-state index contributed by atoms with van der Waals surface area (Å²) in [5.41, 5.74) is 2.72. The van der Waals surface area contributed by atoms with Gasteiger partial charge in [-0.05, 0) is 53.9 Å². The molecule has 0 bridgehead atoms. The number of nitrogens with zero attached hydrogens (tertiary/aromatic N) is 3. The summed E-state index contributed by atoms with van der Waals surface area (Å²) in [7, 11) is 0. The van der Waals surface area contributed by atoms with Crippen LogP contribution in [0.4, 0.5) is 8.78 Å². The van der Waals surface area contributed by atoms with Crippen molar-refractivity contribution in [1.82, 2.24) is 20.0 Å². The van der Waals surface area contributed by atoms with Gasteiger partial charge in [0.1, 0.15) is 11.8 Å². The zero-order valence-electron chi connectivity index (χ0n) is 20.6. The number of rotatable bonds is 5. The Morgan fingerprint density at radius 2 is 1.88 bits per heavy atom. The van der Waals surface area contributed by atoms with Crippen molar-refractivity contribution in [3.8, 4) is 28.1 Å². The lowest BCUT2D eigenvalue weighted by atomic mass is 9.98. The summed E-state index contributed by atoms with van der Waals surface area (Å²) >= 11 is 0. The third-order valence-electron chi connectivity index (χ3n) is 5.96. The van der Waals surface area contributed by atoms with Crippen molar-refractivity contribution in [2.75, 3.05) is 0 Å². The number of piperidine rings is 1. The number of benzene rings is 2. The summed E-state index contributed by atoms with van der Waals surface area (Å²) in [6, 6.07) is 9.77. The first-order chi connectivity index (χ1) is 17.5. The molecule has 2 aliphatic rings. The molecule has 174 valence electrons. The second-order valence-corrected chi connectivity index (χ2v) is 7.99. The quantitative estimate of drug-likeness (QED) is 0.580. The molecule has 1 unspecified atom stereocenters. The molecule has 1 N–H and O–H groups in total. The van der Waals surface area contributed by atoms with Gasteiger partial charge in [0.15, 0.2) is 0 Å². The predicted octanol–water partition coefficient (Wildman–Crippen LogP) is 3.12. The van der Waals surface area contributed by atoms with Crippen molar-refractivity contribution in [3.05, 3.63) is 59.8 Å². The van der Waals surface area contributed by atoms with Gasteiger partial charge in [-0.15, -0.1) is 0 Å². The number of halogens is 2. The Balaban J connectivity index is 1.51. The lowest BCUT2D eigenvalue weighted by molar-refractivity contribution is -0.136. The van der Waals surface area contributed by atoms with E-state index in [0.717, 1.165) is 4.68 Å². The van der Waals surface area contributed by atoms with E-state index in [2.05, 4.69) is 15.2 Å². The highest BCUT2D eigenvalue weighted by Crippen LogP contribution is 2.36. The molecule has 1 fully saturated rings. The standard InChI is InChI=1S/C24H20F2N4O4/c1-29-21(13-2-5-16(6-3-13)34-24(25)26)18(11-27-29)14-4-7-17-15(10-14)12-30(23(17)33)19-8-9-20(31)28-22(19)32/h2-7,10-11,19,24H,8-9,12H2,1H3,(H,28,31,32)/i1D3. The molecule has 34 heavy (non-hydrogen) atoms. The zero-order valence-corrected chi connectivity index (χ0v) is 17.6. The highest BCUT2D eigenvalue weighted by molar-refractivity contribution is 6.05.